The van der Waals surface area contributed by atoms with Crippen molar-refractivity contribution >= 4 is 11.6 Å². The van der Waals surface area contributed by atoms with Crippen molar-refractivity contribution in [2.75, 3.05) is 6.54 Å². The average Bonchev–Trinajstić information content (AvgIpc) is 3.18. The van der Waals surface area contributed by atoms with Gasteiger partial charge in [0.1, 0.15) is 11.3 Å². The zero-order valence-electron chi connectivity index (χ0n) is 16.7. The molecule has 0 aliphatic heterocycles. The Bertz CT molecular complexity index is 1050. The maximum atomic E-state index is 13.0. The summed E-state index contributed by atoms with van der Waals surface area (Å²) in [7, 11) is 0. The van der Waals surface area contributed by atoms with Crippen molar-refractivity contribution in [3.63, 3.8) is 0 Å². The van der Waals surface area contributed by atoms with E-state index < -0.39 is 17.8 Å². The van der Waals surface area contributed by atoms with E-state index in [0.717, 1.165) is 49.6 Å². The molecule has 3 aromatic rings. The molecule has 1 aliphatic carbocycles. The van der Waals surface area contributed by atoms with Crippen LogP contribution >= 0.6 is 0 Å². The zero-order chi connectivity index (χ0) is 21.4. The van der Waals surface area contributed by atoms with Gasteiger partial charge in [0.2, 0.25) is 0 Å². The van der Waals surface area contributed by atoms with Crippen LogP contribution in [0.25, 0.3) is 5.65 Å². The van der Waals surface area contributed by atoms with E-state index in [4.69, 9.17) is 0 Å². The summed E-state index contributed by atoms with van der Waals surface area (Å²) in [5.41, 5.74) is 1.01. The van der Waals surface area contributed by atoms with E-state index in [-0.39, 0.29) is 16.8 Å². The lowest BCUT2D eigenvalue weighted by Crippen LogP contribution is -2.42. The molecule has 1 aliphatic rings. The Morgan fingerprint density at radius 2 is 1.93 bits per heavy atom. The quantitative estimate of drug-likeness (QED) is 0.671. The first-order valence-corrected chi connectivity index (χ1v) is 10.1. The third kappa shape index (κ3) is 3.91. The van der Waals surface area contributed by atoms with Crippen LogP contribution in [0.3, 0.4) is 0 Å². The summed E-state index contributed by atoms with van der Waals surface area (Å²) in [5, 5.41) is 2.97. The second-order valence-electron chi connectivity index (χ2n) is 7.98. The van der Waals surface area contributed by atoms with Crippen LogP contribution in [0, 0.1) is 6.92 Å². The number of alkyl halides is 3. The molecule has 0 bridgehead atoms. The molecule has 3 aromatic heterocycles. The first kappa shape index (κ1) is 20.4. The second-order valence-corrected chi connectivity index (χ2v) is 7.98. The minimum atomic E-state index is -4.57. The summed E-state index contributed by atoms with van der Waals surface area (Å²) in [4.78, 5) is 20.9. The van der Waals surface area contributed by atoms with Gasteiger partial charge in [-0.3, -0.25) is 14.2 Å². The molecule has 4 rings (SSSR count). The van der Waals surface area contributed by atoms with Crippen LogP contribution in [0.1, 0.15) is 59.5 Å². The minimum absolute atomic E-state index is 0.0880. The van der Waals surface area contributed by atoms with Crippen LogP contribution < -0.4 is 5.32 Å². The SMILES string of the molecule is Cc1ccc(C2(CNC(=O)c3cccc4nc(C(F)(F)F)cn34)CCCCC2)cn1. The molecule has 0 atom stereocenters. The molecule has 30 heavy (non-hydrogen) atoms. The fraction of sp³-hybridized carbons (Fsp3) is 0.409. The molecule has 1 saturated carbocycles. The van der Waals surface area contributed by atoms with Gasteiger partial charge >= 0.3 is 6.18 Å². The van der Waals surface area contributed by atoms with Crippen molar-refractivity contribution in [1.29, 1.82) is 0 Å². The maximum Gasteiger partial charge on any atom is 0.434 e. The fourth-order valence-electron chi connectivity index (χ4n) is 4.25. The lowest BCUT2D eigenvalue weighted by molar-refractivity contribution is -0.140. The molecule has 3 heterocycles. The van der Waals surface area contributed by atoms with E-state index in [9.17, 15) is 18.0 Å². The molecule has 8 heteroatoms. The number of pyridine rings is 2. The number of hydrogen-bond acceptors (Lipinski definition) is 3. The van der Waals surface area contributed by atoms with E-state index in [2.05, 4.69) is 21.4 Å². The average molecular weight is 416 g/mol. The maximum absolute atomic E-state index is 13.0. The number of hydrogen-bond donors (Lipinski definition) is 1. The Kier molecular flexibility index (Phi) is 5.26. The fourth-order valence-corrected chi connectivity index (χ4v) is 4.25. The number of rotatable bonds is 4. The smallest absolute Gasteiger partial charge is 0.350 e. The van der Waals surface area contributed by atoms with Crippen LogP contribution in [0.15, 0.2) is 42.7 Å². The molecule has 0 saturated heterocycles. The van der Waals surface area contributed by atoms with E-state index in [1.165, 1.54) is 22.6 Å². The zero-order valence-corrected chi connectivity index (χ0v) is 16.7. The largest absolute Gasteiger partial charge is 0.434 e. The number of imidazole rings is 1. The van der Waals surface area contributed by atoms with Gasteiger partial charge in [-0.05, 0) is 43.5 Å². The lowest BCUT2D eigenvalue weighted by atomic mass is 9.69. The number of carbonyl (C=O) groups is 1. The van der Waals surface area contributed by atoms with Crippen molar-refractivity contribution in [3.05, 3.63) is 65.4 Å². The molecule has 0 spiro atoms. The summed E-state index contributed by atoms with van der Waals surface area (Å²) >= 11 is 0. The van der Waals surface area contributed by atoms with E-state index in [1.54, 1.807) is 0 Å². The van der Waals surface area contributed by atoms with Crippen LogP contribution in [0.5, 0.6) is 0 Å². The van der Waals surface area contributed by atoms with E-state index >= 15 is 0 Å². The predicted molar refractivity (Wildman–Crippen MR) is 106 cm³/mol. The Morgan fingerprint density at radius 1 is 1.17 bits per heavy atom. The number of amides is 1. The molecule has 5 nitrogen and oxygen atoms in total. The van der Waals surface area contributed by atoms with Gasteiger partial charge < -0.3 is 5.32 Å². The standard InChI is InChI=1S/C22H23F3N4O/c1-15-8-9-16(12-26-15)21(10-3-2-4-11-21)14-27-20(30)17-6-5-7-19-28-18(13-29(17)19)22(23,24)25/h5-9,12-13H,2-4,10-11,14H2,1H3,(H,27,30). The van der Waals surface area contributed by atoms with Crippen molar-refractivity contribution in [2.45, 2.75) is 50.6 Å². The molecule has 1 N–H and O–H groups in total. The first-order valence-electron chi connectivity index (χ1n) is 10.1. The molecular formula is C22H23F3N4O. The Balaban J connectivity index is 1.60. The van der Waals surface area contributed by atoms with Gasteiger partial charge in [0, 0.05) is 30.0 Å². The lowest BCUT2D eigenvalue weighted by Gasteiger charge is -2.38. The third-order valence-electron chi connectivity index (χ3n) is 5.94. The molecular weight excluding hydrogens is 393 g/mol. The number of aromatic nitrogens is 3. The Morgan fingerprint density at radius 3 is 2.60 bits per heavy atom. The van der Waals surface area contributed by atoms with Crippen molar-refractivity contribution in [3.8, 4) is 0 Å². The van der Waals surface area contributed by atoms with Crippen molar-refractivity contribution < 1.29 is 18.0 Å². The monoisotopic (exact) mass is 416 g/mol. The van der Waals surface area contributed by atoms with Gasteiger partial charge in [-0.1, -0.05) is 31.4 Å². The van der Waals surface area contributed by atoms with Gasteiger partial charge in [-0.15, -0.1) is 0 Å². The first-order chi connectivity index (χ1) is 14.3. The Hall–Kier alpha value is -2.90. The topological polar surface area (TPSA) is 59.3 Å². The number of nitrogens with one attached hydrogen (secondary N) is 1. The highest BCUT2D eigenvalue weighted by molar-refractivity contribution is 5.93. The van der Waals surface area contributed by atoms with E-state index in [0.29, 0.717) is 6.54 Å². The number of halogens is 3. The highest BCUT2D eigenvalue weighted by atomic mass is 19.4. The summed E-state index contributed by atoms with van der Waals surface area (Å²) < 4.78 is 40.3. The Labute approximate surface area is 172 Å². The van der Waals surface area contributed by atoms with Crippen LogP contribution in [-0.4, -0.2) is 26.8 Å². The number of carbonyl (C=O) groups excluding carboxylic acids is 1. The number of nitrogens with zero attached hydrogens (tertiary/aromatic N) is 3. The number of fused-ring (bicyclic) bond motifs is 1. The summed E-state index contributed by atoms with van der Waals surface area (Å²) in [6, 6.07) is 8.53. The van der Waals surface area contributed by atoms with Gasteiger partial charge in [0.25, 0.3) is 5.91 Å². The van der Waals surface area contributed by atoms with Crippen molar-refractivity contribution in [1.82, 2.24) is 19.7 Å². The van der Waals surface area contributed by atoms with Crippen molar-refractivity contribution in [2.24, 2.45) is 0 Å². The van der Waals surface area contributed by atoms with Crippen LogP contribution in [0.4, 0.5) is 13.2 Å². The summed E-state index contributed by atoms with van der Waals surface area (Å²) in [6.45, 7) is 2.34. The van der Waals surface area contributed by atoms with Gasteiger partial charge in [0.15, 0.2) is 5.69 Å². The third-order valence-corrected chi connectivity index (χ3v) is 5.94. The summed E-state index contributed by atoms with van der Waals surface area (Å²) in [6.07, 6.45) is 3.33. The van der Waals surface area contributed by atoms with Gasteiger partial charge in [-0.2, -0.15) is 13.2 Å². The van der Waals surface area contributed by atoms with Gasteiger partial charge in [0.05, 0.1) is 0 Å². The minimum Gasteiger partial charge on any atom is -0.350 e. The normalized spacial score (nSPS) is 16.5. The molecule has 1 amide bonds. The molecule has 1 fully saturated rings. The molecule has 0 radical (unpaired) electrons. The highest BCUT2D eigenvalue weighted by Crippen LogP contribution is 2.39. The van der Waals surface area contributed by atoms with E-state index in [1.807, 2.05) is 19.2 Å². The summed E-state index contributed by atoms with van der Waals surface area (Å²) in [5.74, 6) is -0.420. The molecule has 0 aromatic carbocycles. The predicted octanol–water partition coefficient (Wildman–Crippen LogP) is 4.69. The van der Waals surface area contributed by atoms with Crippen LogP contribution in [-0.2, 0) is 11.6 Å². The molecule has 158 valence electrons. The van der Waals surface area contributed by atoms with Gasteiger partial charge in [-0.25, -0.2) is 4.98 Å². The highest BCUT2D eigenvalue weighted by Gasteiger charge is 2.36. The van der Waals surface area contributed by atoms with Crippen LogP contribution in [0.2, 0.25) is 0 Å². The second kappa shape index (κ2) is 7.74. The number of aryl methyl sites for hydroxylation is 1. The molecule has 0 unspecified atom stereocenters.